The Bertz CT molecular complexity index is 525. The molecule has 0 bridgehead atoms. The number of Topliss-reactive ketones (excluding diaryl/α,β-unsaturated/α-hetero) is 1. The molecule has 18 heavy (non-hydrogen) atoms. The summed E-state index contributed by atoms with van der Waals surface area (Å²) in [7, 11) is 0. The number of hydrogen-bond acceptors (Lipinski definition) is 2. The smallest absolute Gasteiger partial charge is 0.137 e. The van der Waals surface area contributed by atoms with Gasteiger partial charge >= 0.3 is 0 Å². The number of benzene rings is 1. The molecule has 2 aromatic rings. The Hall–Kier alpha value is -2.03. The van der Waals surface area contributed by atoms with E-state index in [4.69, 9.17) is 0 Å². The summed E-state index contributed by atoms with van der Waals surface area (Å²) < 4.78 is 13.0. The molecule has 1 heterocycles. The molecule has 2 rings (SSSR count). The van der Waals surface area contributed by atoms with Gasteiger partial charge < -0.3 is 0 Å². The summed E-state index contributed by atoms with van der Waals surface area (Å²) in [5.41, 5.74) is 1.83. The average Bonchev–Trinajstić information content (AvgIpc) is 2.38. The molecule has 0 aliphatic rings. The Morgan fingerprint density at radius 1 is 1.11 bits per heavy atom. The predicted molar refractivity (Wildman–Crippen MR) is 67.7 cm³/mol. The van der Waals surface area contributed by atoms with Crippen LogP contribution in [0.2, 0.25) is 0 Å². The number of pyridine rings is 1. The number of ketones is 1. The molecule has 0 spiro atoms. The number of carbonyl (C=O) groups is 1. The normalized spacial score (nSPS) is 10.3. The summed E-state index contributed by atoms with van der Waals surface area (Å²) >= 11 is 0. The maximum absolute atomic E-state index is 13.0. The van der Waals surface area contributed by atoms with Crippen LogP contribution in [0, 0.1) is 5.82 Å². The van der Waals surface area contributed by atoms with Gasteiger partial charge in [-0.2, -0.15) is 0 Å². The third-order valence-corrected chi connectivity index (χ3v) is 2.73. The van der Waals surface area contributed by atoms with E-state index in [1.54, 1.807) is 24.5 Å². The fraction of sp³-hybridized carbons (Fsp3) is 0.200. The van der Waals surface area contributed by atoms with Crippen molar-refractivity contribution >= 4 is 5.78 Å². The van der Waals surface area contributed by atoms with Gasteiger partial charge in [0.25, 0.3) is 0 Å². The summed E-state index contributed by atoms with van der Waals surface area (Å²) in [6, 6.07) is 9.98. The van der Waals surface area contributed by atoms with Gasteiger partial charge in [-0.1, -0.05) is 12.1 Å². The fourth-order valence-electron chi connectivity index (χ4n) is 1.80. The van der Waals surface area contributed by atoms with Crippen molar-refractivity contribution in [1.82, 2.24) is 4.98 Å². The van der Waals surface area contributed by atoms with E-state index in [-0.39, 0.29) is 11.6 Å². The van der Waals surface area contributed by atoms with Gasteiger partial charge in [0.15, 0.2) is 0 Å². The topological polar surface area (TPSA) is 30.0 Å². The zero-order chi connectivity index (χ0) is 12.8. The molecule has 0 N–H and O–H groups in total. The third-order valence-electron chi connectivity index (χ3n) is 2.73. The molecule has 1 aromatic carbocycles. The number of rotatable bonds is 5. The second kappa shape index (κ2) is 6.05. The van der Waals surface area contributed by atoms with Crippen molar-refractivity contribution in [2.75, 3.05) is 0 Å². The van der Waals surface area contributed by atoms with Crippen molar-refractivity contribution < 1.29 is 9.18 Å². The molecule has 0 aliphatic carbocycles. The maximum atomic E-state index is 13.0. The van der Waals surface area contributed by atoms with E-state index in [1.165, 1.54) is 12.1 Å². The summed E-state index contributed by atoms with van der Waals surface area (Å²) in [5, 5.41) is 0. The van der Waals surface area contributed by atoms with E-state index >= 15 is 0 Å². The van der Waals surface area contributed by atoms with Gasteiger partial charge in [-0.15, -0.1) is 0 Å². The number of halogens is 1. The van der Waals surface area contributed by atoms with E-state index in [0.29, 0.717) is 19.3 Å². The summed E-state index contributed by atoms with van der Waals surface area (Å²) in [5.74, 6) is -0.174. The van der Waals surface area contributed by atoms with Gasteiger partial charge in [0.2, 0.25) is 0 Å². The van der Waals surface area contributed by atoms with Crippen LogP contribution in [0.3, 0.4) is 0 Å². The van der Waals surface area contributed by atoms with Crippen LogP contribution in [0.1, 0.15) is 17.5 Å². The highest BCUT2D eigenvalue weighted by molar-refractivity contribution is 5.81. The van der Waals surface area contributed by atoms with Gasteiger partial charge in [0, 0.05) is 25.2 Å². The highest BCUT2D eigenvalue weighted by Gasteiger charge is 2.05. The van der Waals surface area contributed by atoms with Crippen molar-refractivity contribution in [3.63, 3.8) is 0 Å². The highest BCUT2D eigenvalue weighted by atomic mass is 19.1. The molecular weight excluding hydrogens is 229 g/mol. The van der Waals surface area contributed by atoms with Gasteiger partial charge in [0.05, 0.1) is 0 Å². The van der Waals surface area contributed by atoms with Gasteiger partial charge in [0.1, 0.15) is 11.6 Å². The van der Waals surface area contributed by atoms with Crippen LogP contribution in [0.15, 0.2) is 48.8 Å². The summed E-state index contributed by atoms with van der Waals surface area (Å²) in [6.45, 7) is 0. The van der Waals surface area contributed by atoms with Crippen molar-refractivity contribution in [3.05, 3.63) is 65.7 Å². The van der Waals surface area contributed by atoms with E-state index in [9.17, 15) is 9.18 Å². The highest BCUT2D eigenvalue weighted by Crippen LogP contribution is 2.08. The van der Waals surface area contributed by atoms with Crippen LogP contribution in [0.25, 0.3) is 0 Å². The quantitative estimate of drug-likeness (QED) is 0.808. The van der Waals surface area contributed by atoms with Crippen LogP contribution in [0.5, 0.6) is 0 Å². The largest absolute Gasteiger partial charge is 0.299 e. The number of carbonyl (C=O) groups excluding carboxylic acids is 1. The first-order chi connectivity index (χ1) is 8.74. The number of nitrogens with zero attached hydrogens (tertiary/aromatic N) is 1. The Morgan fingerprint density at radius 2 is 1.89 bits per heavy atom. The zero-order valence-corrected chi connectivity index (χ0v) is 9.97. The van der Waals surface area contributed by atoms with Gasteiger partial charge in [-0.05, 0) is 41.8 Å². The monoisotopic (exact) mass is 243 g/mol. The van der Waals surface area contributed by atoms with Crippen molar-refractivity contribution in [1.29, 1.82) is 0 Å². The first kappa shape index (κ1) is 12.4. The molecule has 0 saturated carbocycles. The number of aromatic nitrogens is 1. The second-order valence-corrected chi connectivity index (χ2v) is 4.20. The molecular formula is C15H14FNO. The lowest BCUT2D eigenvalue weighted by molar-refractivity contribution is -0.118. The van der Waals surface area contributed by atoms with Gasteiger partial charge in [-0.25, -0.2) is 4.39 Å². The lowest BCUT2D eigenvalue weighted by Gasteiger charge is -2.02. The molecule has 0 aliphatic heterocycles. The van der Waals surface area contributed by atoms with Crippen LogP contribution in [-0.2, 0) is 17.6 Å². The lowest BCUT2D eigenvalue weighted by atomic mass is 10.0. The Labute approximate surface area is 105 Å². The molecule has 0 atom stereocenters. The third kappa shape index (κ3) is 3.77. The first-order valence-electron chi connectivity index (χ1n) is 5.89. The minimum Gasteiger partial charge on any atom is -0.299 e. The number of aryl methyl sites for hydroxylation is 1. The minimum absolute atomic E-state index is 0.123. The summed E-state index contributed by atoms with van der Waals surface area (Å²) in [4.78, 5) is 15.7. The van der Waals surface area contributed by atoms with E-state index in [1.807, 2.05) is 12.1 Å². The van der Waals surface area contributed by atoms with Crippen molar-refractivity contribution in [2.24, 2.45) is 0 Å². The van der Waals surface area contributed by atoms with E-state index < -0.39 is 0 Å². The molecule has 3 heteroatoms. The lowest BCUT2D eigenvalue weighted by Crippen LogP contribution is -2.04. The Morgan fingerprint density at radius 3 is 2.61 bits per heavy atom. The molecule has 0 unspecified atom stereocenters. The Kier molecular flexibility index (Phi) is 4.18. The molecule has 1 aromatic heterocycles. The molecule has 2 nitrogen and oxygen atoms in total. The average molecular weight is 243 g/mol. The number of hydrogen-bond donors (Lipinski definition) is 0. The molecule has 0 fully saturated rings. The Balaban J connectivity index is 1.86. The molecule has 0 saturated heterocycles. The van der Waals surface area contributed by atoms with Gasteiger partial charge in [-0.3, -0.25) is 9.78 Å². The summed E-state index contributed by atoms with van der Waals surface area (Å²) in [6.07, 6.45) is 4.90. The second-order valence-electron chi connectivity index (χ2n) is 4.20. The van der Waals surface area contributed by atoms with Crippen molar-refractivity contribution in [2.45, 2.75) is 19.3 Å². The molecule has 0 amide bonds. The van der Waals surface area contributed by atoms with Crippen LogP contribution in [-0.4, -0.2) is 10.8 Å². The minimum atomic E-state index is -0.297. The first-order valence-corrected chi connectivity index (χ1v) is 5.89. The van der Waals surface area contributed by atoms with Crippen LogP contribution in [0.4, 0.5) is 4.39 Å². The molecule has 0 radical (unpaired) electrons. The van der Waals surface area contributed by atoms with E-state index in [0.717, 1.165) is 11.1 Å². The fourth-order valence-corrected chi connectivity index (χ4v) is 1.80. The van der Waals surface area contributed by atoms with Crippen molar-refractivity contribution in [3.8, 4) is 0 Å². The standard InChI is InChI=1S/C15H14FNO/c16-14-3-1-2-13(10-14)11-15(18)5-4-12-6-8-17-9-7-12/h1-3,6-10H,4-5,11H2. The zero-order valence-electron chi connectivity index (χ0n) is 9.97. The van der Waals surface area contributed by atoms with Crippen LogP contribution >= 0.6 is 0 Å². The van der Waals surface area contributed by atoms with Crippen LogP contribution < -0.4 is 0 Å². The SMILES string of the molecule is O=C(CCc1ccncc1)Cc1cccc(F)c1. The van der Waals surface area contributed by atoms with E-state index in [2.05, 4.69) is 4.98 Å². The maximum Gasteiger partial charge on any atom is 0.137 e. The predicted octanol–water partition coefficient (Wildman–Crippen LogP) is 2.97. The molecule has 92 valence electrons.